The maximum Gasteiger partial charge on any atom is 0.320 e. The van der Waals surface area contributed by atoms with E-state index in [0.717, 1.165) is 44.3 Å². The lowest BCUT2D eigenvalue weighted by Gasteiger charge is -2.18. The van der Waals surface area contributed by atoms with Gasteiger partial charge in [-0.2, -0.15) is 5.10 Å². The van der Waals surface area contributed by atoms with Gasteiger partial charge in [0.15, 0.2) is 5.84 Å². The maximum absolute atomic E-state index is 13.8. The number of hydrogen-bond acceptors (Lipinski definition) is 4. The first-order chi connectivity index (χ1) is 17.5. The molecule has 0 aliphatic heterocycles. The van der Waals surface area contributed by atoms with Crippen LogP contribution in [-0.4, -0.2) is 29.6 Å². The van der Waals surface area contributed by atoms with Crippen molar-refractivity contribution in [3.63, 3.8) is 0 Å². The lowest BCUT2D eigenvalue weighted by molar-refractivity contribution is -0.132. The Labute approximate surface area is 213 Å². The molecule has 0 fully saturated rings. The van der Waals surface area contributed by atoms with E-state index >= 15 is 0 Å². The molecule has 3 aromatic carbocycles. The van der Waals surface area contributed by atoms with Gasteiger partial charge in [-0.15, -0.1) is 0 Å². The summed E-state index contributed by atoms with van der Waals surface area (Å²) < 4.78 is 13.8. The van der Waals surface area contributed by atoms with Crippen molar-refractivity contribution < 1.29 is 14.0 Å². The SMILES string of the molecule is CC/C(=C(/c1ccc(/C=C/C(=NC)NOC=O)cc1)c1ccc2[nH]ncc2c1)c1ccc(F)cc1Cl. The van der Waals surface area contributed by atoms with Gasteiger partial charge in [0.05, 0.1) is 16.7 Å². The number of hydrogen-bond donors (Lipinski definition) is 2. The highest BCUT2D eigenvalue weighted by molar-refractivity contribution is 6.32. The van der Waals surface area contributed by atoms with Gasteiger partial charge in [0.1, 0.15) is 5.82 Å². The van der Waals surface area contributed by atoms with Crippen molar-refractivity contribution in [2.45, 2.75) is 13.3 Å². The van der Waals surface area contributed by atoms with E-state index < -0.39 is 0 Å². The van der Waals surface area contributed by atoms with Crippen LogP contribution in [0, 0.1) is 5.82 Å². The molecule has 0 bridgehead atoms. The molecule has 4 aromatic rings. The Kier molecular flexibility index (Phi) is 7.92. The van der Waals surface area contributed by atoms with Crippen molar-refractivity contribution in [2.24, 2.45) is 4.99 Å². The quantitative estimate of drug-likeness (QED) is 0.0954. The highest BCUT2D eigenvalue weighted by Crippen LogP contribution is 2.38. The highest BCUT2D eigenvalue weighted by atomic mass is 35.5. The molecule has 4 rings (SSSR count). The van der Waals surface area contributed by atoms with Crippen LogP contribution in [-0.2, 0) is 9.63 Å². The number of aliphatic imine (C=N–C) groups is 1. The average molecular weight is 503 g/mol. The van der Waals surface area contributed by atoms with Gasteiger partial charge < -0.3 is 4.84 Å². The number of hydroxylamine groups is 1. The fourth-order valence-electron chi connectivity index (χ4n) is 4.02. The van der Waals surface area contributed by atoms with Crippen LogP contribution in [0.15, 0.2) is 77.9 Å². The number of aromatic amines is 1. The molecule has 0 spiro atoms. The summed E-state index contributed by atoms with van der Waals surface area (Å²) in [4.78, 5) is 18.9. The Morgan fingerprint density at radius 1 is 1.14 bits per heavy atom. The third-order valence-electron chi connectivity index (χ3n) is 5.73. The number of amidine groups is 1. The van der Waals surface area contributed by atoms with Crippen molar-refractivity contribution in [1.29, 1.82) is 0 Å². The number of carbonyl (C=O) groups excluding carboxylic acids is 1. The number of nitrogens with one attached hydrogen (secondary N) is 2. The zero-order valence-electron chi connectivity index (χ0n) is 19.8. The van der Waals surface area contributed by atoms with Gasteiger partial charge in [-0.05, 0) is 70.2 Å². The third kappa shape index (κ3) is 5.53. The van der Waals surface area contributed by atoms with Gasteiger partial charge in [0.25, 0.3) is 0 Å². The van der Waals surface area contributed by atoms with Crippen molar-refractivity contribution in [2.75, 3.05) is 7.05 Å². The summed E-state index contributed by atoms with van der Waals surface area (Å²) in [6.07, 6.45) is 6.03. The molecule has 0 amide bonds. The number of nitrogens with zero attached hydrogens (tertiary/aromatic N) is 2. The molecule has 1 aromatic heterocycles. The second-order valence-corrected chi connectivity index (χ2v) is 8.29. The molecule has 36 heavy (non-hydrogen) atoms. The van der Waals surface area contributed by atoms with E-state index in [1.54, 1.807) is 25.4 Å². The van der Waals surface area contributed by atoms with Crippen LogP contribution in [0.2, 0.25) is 5.02 Å². The number of rotatable bonds is 8. The number of H-pyrrole nitrogens is 1. The Morgan fingerprint density at radius 3 is 2.61 bits per heavy atom. The third-order valence-corrected chi connectivity index (χ3v) is 6.04. The normalized spacial score (nSPS) is 12.6. The first-order valence-corrected chi connectivity index (χ1v) is 11.6. The van der Waals surface area contributed by atoms with Crippen molar-refractivity contribution in [3.8, 4) is 0 Å². The number of benzene rings is 3. The zero-order valence-corrected chi connectivity index (χ0v) is 20.5. The summed E-state index contributed by atoms with van der Waals surface area (Å²) in [5, 5.41) is 8.48. The highest BCUT2D eigenvalue weighted by Gasteiger charge is 2.16. The Hall–Kier alpha value is -4.23. The summed E-state index contributed by atoms with van der Waals surface area (Å²) in [6, 6.07) is 18.6. The largest absolute Gasteiger partial charge is 0.345 e. The molecule has 6 nitrogen and oxygen atoms in total. The fraction of sp³-hybridized carbons (Fsp3) is 0.107. The summed E-state index contributed by atoms with van der Waals surface area (Å²) >= 11 is 6.50. The minimum atomic E-state index is -0.375. The van der Waals surface area contributed by atoms with Crippen LogP contribution < -0.4 is 5.48 Å². The van der Waals surface area contributed by atoms with Gasteiger partial charge >= 0.3 is 6.47 Å². The second-order valence-electron chi connectivity index (χ2n) is 7.88. The Balaban J connectivity index is 1.81. The Bertz CT molecular complexity index is 1470. The minimum absolute atomic E-state index is 0.293. The zero-order chi connectivity index (χ0) is 25.5. The molecule has 1 heterocycles. The topological polar surface area (TPSA) is 79.4 Å². The van der Waals surface area contributed by atoms with Crippen molar-refractivity contribution in [3.05, 3.63) is 106 Å². The van der Waals surface area contributed by atoms with Crippen LogP contribution >= 0.6 is 11.6 Å². The first-order valence-electron chi connectivity index (χ1n) is 11.3. The minimum Gasteiger partial charge on any atom is -0.345 e. The number of allylic oxidation sites excluding steroid dienone is 1. The number of carbonyl (C=O) groups is 1. The van der Waals surface area contributed by atoms with Gasteiger partial charge in [-0.1, -0.05) is 61.0 Å². The number of aromatic nitrogens is 2. The van der Waals surface area contributed by atoms with Crippen LogP contribution in [0.25, 0.3) is 28.1 Å². The maximum atomic E-state index is 13.8. The lowest BCUT2D eigenvalue weighted by Crippen LogP contribution is -2.20. The molecule has 0 aliphatic carbocycles. The smallest absolute Gasteiger partial charge is 0.320 e. The van der Waals surface area contributed by atoms with E-state index in [4.69, 9.17) is 11.6 Å². The van der Waals surface area contributed by atoms with Gasteiger partial charge in [-0.3, -0.25) is 14.9 Å². The summed E-state index contributed by atoms with van der Waals surface area (Å²) in [7, 11) is 1.59. The molecule has 0 unspecified atom stereocenters. The van der Waals surface area contributed by atoms with Gasteiger partial charge in [0.2, 0.25) is 0 Å². The van der Waals surface area contributed by atoms with E-state index in [9.17, 15) is 9.18 Å². The summed E-state index contributed by atoms with van der Waals surface area (Å²) in [6.45, 7) is 2.35. The van der Waals surface area contributed by atoms with Crippen molar-refractivity contribution >= 4 is 52.0 Å². The van der Waals surface area contributed by atoms with Gasteiger partial charge in [-0.25, -0.2) is 9.87 Å². The Morgan fingerprint density at radius 2 is 1.92 bits per heavy atom. The predicted octanol–water partition coefficient (Wildman–Crippen LogP) is 6.44. The summed E-state index contributed by atoms with van der Waals surface area (Å²) in [5.41, 5.74) is 9.09. The standard InChI is InChI=1S/C28H24ClFN4O2/c1-3-23(24-11-10-22(30)15-25(24)29)28(20-9-12-26-21(14-20)16-32-33-26)19-7-4-18(5-8-19)6-13-27(31-2)34-36-17-35/h4-17H,3H2,1-2H3,(H,31,34)(H,32,33)/b13-6+,28-23+. The average Bonchev–Trinajstić information content (AvgIpc) is 3.36. The molecular formula is C28H24ClFN4O2. The molecule has 0 saturated heterocycles. The molecule has 0 aliphatic rings. The monoisotopic (exact) mass is 502 g/mol. The van der Waals surface area contributed by atoms with E-state index in [-0.39, 0.29) is 5.82 Å². The van der Waals surface area contributed by atoms with Gasteiger partial charge in [0, 0.05) is 12.4 Å². The molecule has 0 radical (unpaired) electrons. The van der Waals surface area contributed by atoms with Crippen LogP contribution in [0.5, 0.6) is 0 Å². The molecule has 0 saturated carbocycles. The van der Waals surface area contributed by atoms with E-state index in [2.05, 4.69) is 38.5 Å². The molecular weight excluding hydrogens is 479 g/mol. The summed E-state index contributed by atoms with van der Waals surface area (Å²) in [5.74, 6) is 0.0270. The molecule has 182 valence electrons. The van der Waals surface area contributed by atoms with E-state index in [1.165, 1.54) is 12.1 Å². The van der Waals surface area contributed by atoms with E-state index in [1.807, 2.05) is 42.5 Å². The first kappa shape index (κ1) is 24.9. The molecule has 0 atom stereocenters. The molecule has 8 heteroatoms. The van der Waals surface area contributed by atoms with Crippen LogP contribution in [0.3, 0.4) is 0 Å². The predicted molar refractivity (Wildman–Crippen MR) is 143 cm³/mol. The number of fused-ring (bicyclic) bond motifs is 1. The lowest BCUT2D eigenvalue weighted by atomic mass is 9.87. The van der Waals surface area contributed by atoms with Crippen LogP contribution in [0.4, 0.5) is 4.39 Å². The number of halogens is 2. The van der Waals surface area contributed by atoms with Crippen molar-refractivity contribution in [1.82, 2.24) is 15.7 Å². The molecule has 2 N–H and O–H groups in total. The fourth-order valence-corrected chi connectivity index (χ4v) is 4.31. The van der Waals surface area contributed by atoms with E-state index in [0.29, 0.717) is 23.8 Å². The second kappa shape index (κ2) is 11.5. The van der Waals surface area contributed by atoms with Crippen LogP contribution in [0.1, 0.15) is 35.6 Å².